The molecule has 0 radical (unpaired) electrons. The van der Waals surface area contributed by atoms with Crippen molar-refractivity contribution in [3.8, 4) is 0 Å². The van der Waals surface area contributed by atoms with E-state index in [-0.39, 0.29) is 10.8 Å². The number of hydrogen-bond donors (Lipinski definition) is 0. The van der Waals surface area contributed by atoms with Crippen molar-refractivity contribution in [2.45, 2.75) is 52.4 Å². The molecule has 2 aromatic rings. The van der Waals surface area contributed by atoms with Crippen LogP contribution in [0.3, 0.4) is 0 Å². The first-order valence-electron chi connectivity index (χ1n) is 6.46. The Morgan fingerprint density at radius 1 is 0.778 bits per heavy atom. The number of nitrogens with zero attached hydrogens (tertiary/aromatic N) is 3. The van der Waals surface area contributed by atoms with Gasteiger partial charge in [-0.2, -0.15) is 15.0 Å². The van der Waals surface area contributed by atoms with E-state index < -0.39 is 0 Å². The zero-order valence-corrected chi connectivity index (χ0v) is 12.5. The average Bonchev–Trinajstić information content (AvgIpc) is 2.53. The van der Waals surface area contributed by atoms with Gasteiger partial charge < -0.3 is 0 Å². The molecule has 0 atom stereocenters. The van der Waals surface area contributed by atoms with Gasteiger partial charge in [0.1, 0.15) is 11.0 Å². The number of aromatic nitrogens is 3. The maximum Gasteiger partial charge on any atom is 0.117 e. The monoisotopic (exact) mass is 245 g/mol. The number of aryl methyl sites for hydroxylation is 1. The molecule has 0 amide bonds. The van der Waals surface area contributed by atoms with Gasteiger partial charge in [0, 0.05) is 7.05 Å². The number of fused-ring (bicyclic) bond motifs is 1. The maximum absolute atomic E-state index is 4.56. The standard InChI is InChI=1S/C15H23N3/c1-14(2,3)10-8-9-11(15(4,5)6)13-12(10)16-18(7)17-13/h8-9H,1-7H3. The molecule has 3 nitrogen and oxygen atoms in total. The van der Waals surface area contributed by atoms with Crippen LogP contribution in [-0.4, -0.2) is 15.0 Å². The summed E-state index contributed by atoms with van der Waals surface area (Å²) >= 11 is 0. The topological polar surface area (TPSA) is 30.7 Å². The van der Waals surface area contributed by atoms with Crippen LogP contribution in [0.15, 0.2) is 12.1 Å². The predicted octanol–water partition coefficient (Wildman–Crippen LogP) is 3.56. The maximum atomic E-state index is 4.56. The molecular weight excluding hydrogens is 222 g/mol. The largest absolute Gasteiger partial charge is 0.187 e. The summed E-state index contributed by atoms with van der Waals surface area (Å²) < 4.78 is 0. The molecule has 0 saturated heterocycles. The molecule has 0 aliphatic carbocycles. The van der Waals surface area contributed by atoms with Crippen molar-refractivity contribution in [1.82, 2.24) is 15.0 Å². The van der Waals surface area contributed by atoms with Crippen molar-refractivity contribution < 1.29 is 0 Å². The Hall–Kier alpha value is -1.38. The van der Waals surface area contributed by atoms with Crippen LogP contribution in [0.4, 0.5) is 0 Å². The van der Waals surface area contributed by atoms with Crippen LogP contribution >= 0.6 is 0 Å². The van der Waals surface area contributed by atoms with Crippen LogP contribution in [0.1, 0.15) is 52.7 Å². The Kier molecular flexibility index (Phi) is 2.76. The van der Waals surface area contributed by atoms with Crippen LogP contribution in [0.2, 0.25) is 0 Å². The second-order valence-electron chi connectivity index (χ2n) is 7.05. The minimum absolute atomic E-state index is 0.0880. The minimum Gasteiger partial charge on any atom is -0.187 e. The molecule has 0 fully saturated rings. The van der Waals surface area contributed by atoms with Gasteiger partial charge in [0.2, 0.25) is 0 Å². The first kappa shape index (κ1) is 13.1. The summed E-state index contributed by atoms with van der Waals surface area (Å²) in [5.74, 6) is 0. The lowest BCUT2D eigenvalue weighted by molar-refractivity contribution is 0.584. The molecule has 1 heterocycles. The zero-order chi connectivity index (χ0) is 13.7. The first-order chi connectivity index (χ1) is 8.10. The second kappa shape index (κ2) is 3.81. The highest BCUT2D eigenvalue weighted by Gasteiger charge is 2.25. The average molecular weight is 245 g/mol. The van der Waals surface area contributed by atoms with Gasteiger partial charge >= 0.3 is 0 Å². The molecular formula is C15H23N3. The molecule has 0 N–H and O–H groups in total. The summed E-state index contributed by atoms with van der Waals surface area (Å²) in [6.45, 7) is 13.3. The van der Waals surface area contributed by atoms with Crippen LogP contribution in [0.5, 0.6) is 0 Å². The number of rotatable bonds is 0. The Morgan fingerprint density at radius 2 is 1.11 bits per heavy atom. The molecule has 18 heavy (non-hydrogen) atoms. The van der Waals surface area contributed by atoms with E-state index in [2.05, 4.69) is 63.9 Å². The fraction of sp³-hybridized carbons (Fsp3) is 0.600. The highest BCUT2D eigenvalue weighted by atomic mass is 15.4. The third-order valence-electron chi connectivity index (χ3n) is 3.26. The highest BCUT2D eigenvalue weighted by molar-refractivity contribution is 5.83. The van der Waals surface area contributed by atoms with E-state index in [9.17, 15) is 0 Å². The summed E-state index contributed by atoms with van der Waals surface area (Å²) in [4.78, 5) is 1.68. The van der Waals surface area contributed by atoms with E-state index in [1.54, 1.807) is 4.80 Å². The molecule has 2 rings (SSSR count). The van der Waals surface area contributed by atoms with Gasteiger partial charge in [-0.15, -0.1) is 0 Å². The Balaban J connectivity index is 2.83. The molecule has 0 aliphatic rings. The van der Waals surface area contributed by atoms with Gasteiger partial charge in [-0.3, -0.25) is 0 Å². The van der Waals surface area contributed by atoms with Crippen LogP contribution < -0.4 is 0 Å². The molecule has 0 bridgehead atoms. The molecule has 0 spiro atoms. The Labute approximate surface area is 109 Å². The summed E-state index contributed by atoms with van der Waals surface area (Å²) in [6, 6.07) is 4.41. The van der Waals surface area contributed by atoms with Crippen molar-refractivity contribution in [3.05, 3.63) is 23.3 Å². The third kappa shape index (κ3) is 2.14. The van der Waals surface area contributed by atoms with E-state index in [0.29, 0.717) is 0 Å². The van der Waals surface area contributed by atoms with Gasteiger partial charge in [0.15, 0.2) is 0 Å². The fourth-order valence-corrected chi connectivity index (χ4v) is 2.30. The SMILES string of the molecule is Cn1nc2c(C(C)(C)C)ccc(C(C)(C)C)c2n1. The summed E-state index contributed by atoms with van der Waals surface area (Å²) in [7, 11) is 1.89. The molecule has 1 aromatic heterocycles. The van der Waals surface area contributed by atoms with Gasteiger partial charge in [-0.1, -0.05) is 53.7 Å². The van der Waals surface area contributed by atoms with Crippen molar-refractivity contribution in [1.29, 1.82) is 0 Å². The minimum atomic E-state index is 0.0880. The van der Waals surface area contributed by atoms with Crippen LogP contribution in [-0.2, 0) is 17.9 Å². The van der Waals surface area contributed by atoms with Crippen molar-refractivity contribution in [2.75, 3.05) is 0 Å². The summed E-state index contributed by atoms with van der Waals surface area (Å²) in [5.41, 5.74) is 4.78. The van der Waals surface area contributed by atoms with Crippen LogP contribution in [0, 0.1) is 0 Å². The Morgan fingerprint density at radius 3 is 1.39 bits per heavy atom. The summed E-state index contributed by atoms with van der Waals surface area (Å²) in [5, 5.41) is 9.12. The molecule has 0 aliphatic heterocycles. The van der Waals surface area contributed by atoms with Crippen molar-refractivity contribution in [3.63, 3.8) is 0 Å². The normalized spacial score (nSPS) is 13.3. The second-order valence-corrected chi connectivity index (χ2v) is 7.05. The van der Waals surface area contributed by atoms with Gasteiger partial charge in [0.05, 0.1) is 0 Å². The van der Waals surface area contributed by atoms with E-state index in [0.717, 1.165) is 11.0 Å². The zero-order valence-electron chi connectivity index (χ0n) is 12.5. The first-order valence-corrected chi connectivity index (χ1v) is 6.46. The molecule has 3 heteroatoms. The van der Waals surface area contributed by atoms with E-state index >= 15 is 0 Å². The van der Waals surface area contributed by atoms with E-state index in [1.807, 2.05) is 7.05 Å². The molecule has 1 aromatic carbocycles. The Bertz CT molecular complexity index is 529. The molecule has 98 valence electrons. The third-order valence-corrected chi connectivity index (χ3v) is 3.26. The summed E-state index contributed by atoms with van der Waals surface area (Å²) in [6.07, 6.45) is 0. The lowest BCUT2D eigenvalue weighted by atomic mass is 9.81. The van der Waals surface area contributed by atoms with Crippen molar-refractivity contribution >= 4 is 11.0 Å². The van der Waals surface area contributed by atoms with Gasteiger partial charge in [0.25, 0.3) is 0 Å². The van der Waals surface area contributed by atoms with Gasteiger partial charge in [-0.25, -0.2) is 0 Å². The highest BCUT2D eigenvalue weighted by Crippen LogP contribution is 2.34. The molecule has 0 saturated carbocycles. The quantitative estimate of drug-likeness (QED) is 0.710. The fourth-order valence-electron chi connectivity index (χ4n) is 2.30. The van der Waals surface area contributed by atoms with E-state index in [4.69, 9.17) is 0 Å². The molecule has 0 unspecified atom stereocenters. The number of hydrogen-bond acceptors (Lipinski definition) is 2. The van der Waals surface area contributed by atoms with Crippen LogP contribution in [0.25, 0.3) is 11.0 Å². The lowest BCUT2D eigenvalue weighted by Gasteiger charge is -2.23. The lowest BCUT2D eigenvalue weighted by Crippen LogP contribution is -2.16. The van der Waals surface area contributed by atoms with Gasteiger partial charge in [-0.05, 0) is 22.0 Å². The predicted molar refractivity (Wildman–Crippen MR) is 75.9 cm³/mol. The smallest absolute Gasteiger partial charge is 0.117 e. The number of benzene rings is 1. The van der Waals surface area contributed by atoms with Crippen molar-refractivity contribution in [2.24, 2.45) is 7.05 Å². The van der Waals surface area contributed by atoms with E-state index in [1.165, 1.54) is 11.1 Å².